The number of hydrogen-bond acceptors (Lipinski definition) is 9. The minimum atomic E-state index is -0.618. The molecule has 2 fully saturated rings. The first kappa shape index (κ1) is 23.0. The minimum absolute atomic E-state index is 0.196. The number of cyclic esters (lactones) is 1. The molecular formula is C21H23FN6O6. The maximum atomic E-state index is 14.9. The molecule has 2 amide bonds. The number of piperazine rings is 1. The second kappa shape index (κ2) is 9.77. The Hall–Kier alpha value is -4.16. The Labute approximate surface area is 193 Å². The molecule has 3 heterocycles. The molecule has 180 valence electrons. The van der Waals surface area contributed by atoms with E-state index < -0.39 is 22.9 Å². The zero-order valence-electron chi connectivity index (χ0n) is 18.3. The van der Waals surface area contributed by atoms with Crippen molar-refractivity contribution in [2.75, 3.05) is 49.1 Å². The number of halogens is 1. The van der Waals surface area contributed by atoms with Crippen LogP contribution in [-0.2, 0) is 9.53 Å². The van der Waals surface area contributed by atoms with E-state index in [0.717, 1.165) is 0 Å². The van der Waals surface area contributed by atoms with Crippen LogP contribution in [0.4, 0.5) is 26.4 Å². The van der Waals surface area contributed by atoms with Gasteiger partial charge in [-0.1, -0.05) is 0 Å². The van der Waals surface area contributed by atoms with Crippen molar-refractivity contribution >= 4 is 35.5 Å². The van der Waals surface area contributed by atoms with E-state index in [2.05, 4.69) is 10.4 Å². The normalized spacial score (nSPS) is 18.5. The Morgan fingerprint density at radius 3 is 2.71 bits per heavy atom. The van der Waals surface area contributed by atoms with Crippen molar-refractivity contribution < 1.29 is 28.1 Å². The van der Waals surface area contributed by atoms with Gasteiger partial charge < -0.3 is 19.4 Å². The molecule has 0 saturated carbocycles. The van der Waals surface area contributed by atoms with Crippen LogP contribution in [0.5, 0.6) is 0 Å². The fourth-order valence-electron chi connectivity index (χ4n) is 3.72. The zero-order chi connectivity index (χ0) is 24.2. The fourth-order valence-corrected chi connectivity index (χ4v) is 3.72. The number of ether oxygens (including phenoxy) is 1. The molecule has 0 radical (unpaired) electrons. The van der Waals surface area contributed by atoms with Crippen LogP contribution in [0.1, 0.15) is 12.7 Å². The van der Waals surface area contributed by atoms with E-state index in [0.29, 0.717) is 37.6 Å². The Morgan fingerprint density at radius 2 is 2.06 bits per heavy atom. The predicted octanol–water partition coefficient (Wildman–Crippen LogP) is 1.94. The van der Waals surface area contributed by atoms with Crippen LogP contribution in [0, 0.1) is 15.9 Å². The highest BCUT2D eigenvalue weighted by molar-refractivity contribution is 5.90. The standard InChI is InChI=1S/C21H23FN6O6/c1-14(29)23-11-17-13-27(21(30)34-17)15-2-4-19(18(22)10-15)25-6-8-26(9-7-25)24-12-16-3-5-20(33-16)28(31)32/h2-5,10,12,17H,6-9,11,13H2,1H3,(H,23,29)/b24-12+/t17-/m0/s1. The van der Waals surface area contributed by atoms with Gasteiger partial charge in [-0.2, -0.15) is 5.10 Å². The molecule has 2 saturated heterocycles. The highest BCUT2D eigenvalue weighted by atomic mass is 19.1. The summed E-state index contributed by atoms with van der Waals surface area (Å²) >= 11 is 0. The molecule has 1 aromatic heterocycles. The maximum absolute atomic E-state index is 14.9. The lowest BCUT2D eigenvalue weighted by Gasteiger charge is -2.34. The third kappa shape index (κ3) is 5.24. The number of nitrogens with zero attached hydrogens (tertiary/aromatic N) is 5. The van der Waals surface area contributed by atoms with E-state index in [9.17, 15) is 24.1 Å². The van der Waals surface area contributed by atoms with Gasteiger partial charge in [0.15, 0.2) is 5.76 Å². The lowest BCUT2D eigenvalue weighted by atomic mass is 10.2. The van der Waals surface area contributed by atoms with Crippen molar-refractivity contribution in [3.63, 3.8) is 0 Å². The molecule has 4 rings (SSSR count). The lowest BCUT2D eigenvalue weighted by Crippen LogP contribution is -2.44. The number of anilines is 2. The monoisotopic (exact) mass is 474 g/mol. The number of rotatable bonds is 7. The number of nitrogens with one attached hydrogen (secondary N) is 1. The van der Waals surface area contributed by atoms with Crippen LogP contribution in [0.25, 0.3) is 0 Å². The summed E-state index contributed by atoms with van der Waals surface area (Å²) < 4.78 is 25.2. The van der Waals surface area contributed by atoms with Crippen molar-refractivity contribution in [2.45, 2.75) is 13.0 Å². The van der Waals surface area contributed by atoms with Gasteiger partial charge in [0.2, 0.25) is 5.91 Å². The average molecular weight is 474 g/mol. The topological polar surface area (TPSA) is 134 Å². The molecule has 2 aliphatic rings. The zero-order valence-corrected chi connectivity index (χ0v) is 18.3. The summed E-state index contributed by atoms with van der Waals surface area (Å²) in [4.78, 5) is 36.5. The average Bonchev–Trinajstić information content (AvgIpc) is 3.43. The van der Waals surface area contributed by atoms with Gasteiger partial charge in [0.05, 0.1) is 49.8 Å². The quantitative estimate of drug-likeness (QED) is 0.366. The second-order valence-electron chi connectivity index (χ2n) is 7.81. The van der Waals surface area contributed by atoms with Gasteiger partial charge in [0, 0.05) is 20.0 Å². The SMILES string of the molecule is CC(=O)NC[C@H]1CN(c2ccc(N3CCN(/N=C/c4ccc([N+](=O)[O-])o4)CC3)c(F)c2)C(=O)O1. The van der Waals surface area contributed by atoms with E-state index >= 15 is 0 Å². The van der Waals surface area contributed by atoms with Crippen LogP contribution in [0.15, 0.2) is 39.9 Å². The molecule has 0 spiro atoms. The first-order valence-electron chi connectivity index (χ1n) is 10.6. The van der Waals surface area contributed by atoms with Gasteiger partial charge in [0.25, 0.3) is 0 Å². The Kier molecular flexibility index (Phi) is 6.61. The van der Waals surface area contributed by atoms with Crippen molar-refractivity contribution in [3.05, 3.63) is 52.0 Å². The fraction of sp³-hybridized carbons (Fsp3) is 0.381. The third-order valence-corrected chi connectivity index (χ3v) is 5.43. The highest BCUT2D eigenvalue weighted by Gasteiger charge is 2.33. The van der Waals surface area contributed by atoms with E-state index in [-0.39, 0.29) is 30.6 Å². The van der Waals surface area contributed by atoms with Gasteiger partial charge in [-0.05, 0) is 24.3 Å². The molecule has 0 bridgehead atoms. The molecule has 34 heavy (non-hydrogen) atoms. The number of carbonyl (C=O) groups excluding carboxylic acids is 2. The van der Waals surface area contributed by atoms with Crippen molar-refractivity contribution in [1.29, 1.82) is 0 Å². The Bertz CT molecular complexity index is 1110. The van der Waals surface area contributed by atoms with Gasteiger partial charge in [-0.3, -0.25) is 24.8 Å². The van der Waals surface area contributed by atoms with Crippen molar-refractivity contribution in [2.24, 2.45) is 5.10 Å². The molecule has 1 N–H and O–H groups in total. The van der Waals surface area contributed by atoms with E-state index in [4.69, 9.17) is 9.15 Å². The predicted molar refractivity (Wildman–Crippen MR) is 119 cm³/mol. The summed E-state index contributed by atoms with van der Waals surface area (Å²) in [7, 11) is 0. The maximum Gasteiger partial charge on any atom is 0.433 e. The van der Waals surface area contributed by atoms with Gasteiger partial charge >= 0.3 is 12.0 Å². The van der Waals surface area contributed by atoms with E-state index in [1.165, 1.54) is 36.2 Å². The number of amides is 2. The van der Waals surface area contributed by atoms with Crippen LogP contribution < -0.4 is 15.1 Å². The Morgan fingerprint density at radius 1 is 1.29 bits per heavy atom. The molecule has 1 atom stereocenters. The lowest BCUT2D eigenvalue weighted by molar-refractivity contribution is -0.402. The van der Waals surface area contributed by atoms with Gasteiger partial charge in [-0.15, -0.1) is 0 Å². The number of nitro groups is 1. The molecule has 2 aliphatic heterocycles. The van der Waals surface area contributed by atoms with E-state index in [1.54, 1.807) is 17.1 Å². The van der Waals surface area contributed by atoms with Gasteiger partial charge in [-0.25, -0.2) is 9.18 Å². The molecule has 1 aromatic carbocycles. The number of furan rings is 1. The van der Waals surface area contributed by atoms with Crippen LogP contribution >= 0.6 is 0 Å². The Balaban J connectivity index is 1.33. The number of hydrazone groups is 1. The molecule has 12 nitrogen and oxygen atoms in total. The third-order valence-electron chi connectivity index (χ3n) is 5.43. The molecule has 0 aliphatic carbocycles. The number of benzene rings is 1. The molecule has 13 heteroatoms. The smallest absolute Gasteiger partial charge is 0.433 e. The van der Waals surface area contributed by atoms with Crippen molar-refractivity contribution in [3.8, 4) is 0 Å². The summed E-state index contributed by atoms with van der Waals surface area (Å²) in [5.41, 5.74) is 0.795. The van der Waals surface area contributed by atoms with Gasteiger partial charge in [0.1, 0.15) is 16.8 Å². The summed E-state index contributed by atoms with van der Waals surface area (Å²) in [6.45, 7) is 3.84. The molecule has 0 unspecified atom stereocenters. The van der Waals surface area contributed by atoms with Crippen molar-refractivity contribution in [1.82, 2.24) is 10.3 Å². The first-order chi connectivity index (χ1) is 16.3. The van der Waals surface area contributed by atoms with E-state index in [1.807, 2.05) is 4.90 Å². The number of hydrogen-bond donors (Lipinski definition) is 1. The van der Waals surface area contributed by atoms with Crippen LogP contribution in [0.3, 0.4) is 0 Å². The molecule has 2 aromatic rings. The highest BCUT2D eigenvalue weighted by Crippen LogP contribution is 2.28. The summed E-state index contributed by atoms with van der Waals surface area (Å²) in [5, 5.41) is 19.3. The van der Waals surface area contributed by atoms with Crippen LogP contribution in [-0.4, -0.2) is 73.5 Å². The largest absolute Gasteiger partial charge is 0.442 e. The summed E-state index contributed by atoms with van der Waals surface area (Å²) in [6.07, 6.45) is 0.322. The summed E-state index contributed by atoms with van der Waals surface area (Å²) in [6, 6.07) is 7.31. The molecular weight excluding hydrogens is 451 g/mol. The number of carbonyl (C=O) groups is 2. The minimum Gasteiger partial charge on any atom is -0.442 e. The van der Waals surface area contributed by atoms with Crippen LogP contribution in [0.2, 0.25) is 0 Å². The second-order valence-corrected chi connectivity index (χ2v) is 7.81. The first-order valence-corrected chi connectivity index (χ1v) is 10.6. The summed E-state index contributed by atoms with van der Waals surface area (Å²) in [5.74, 6) is -0.762.